The van der Waals surface area contributed by atoms with Crippen LogP contribution in [0.15, 0.2) is 21.3 Å². The number of carbonyl (C=O) groups excluding carboxylic acids is 1. The second-order valence-corrected chi connectivity index (χ2v) is 7.23. The Bertz CT molecular complexity index is 559. The Labute approximate surface area is 115 Å². The zero-order valence-corrected chi connectivity index (χ0v) is 12.0. The van der Waals surface area contributed by atoms with Gasteiger partial charge in [-0.15, -0.1) is 22.7 Å². The van der Waals surface area contributed by atoms with Crippen LogP contribution in [0.5, 0.6) is 0 Å². The number of amides is 1. The van der Waals surface area contributed by atoms with Gasteiger partial charge in [0.1, 0.15) is 0 Å². The number of hydrogen-bond donors (Lipinski definition) is 1. The molecule has 1 fully saturated rings. The fraction of sp³-hybridized carbons (Fsp3) is 0.273. The largest absolute Gasteiger partial charge is 0.297 e. The first-order valence-electron chi connectivity index (χ1n) is 5.24. The molecule has 2 aromatic heterocycles. The predicted molar refractivity (Wildman–Crippen MR) is 74.1 cm³/mol. The molecule has 0 saturated heterocycles. The number of nitrogens with zero attached hydrogens (tertiary/aromatic N) is 1. The predicted octanol–water partition coefficient (Wildman–Crippen LogP) is 4.10. The molecule has 17 heavy (non-hydrogen) atoms. The minimum absolute atomic E-state index is 0.0857. The van der Waals surface area contributed by atoms with Gasteiger partial charge in [-0.3, -0.25) is 10.1 Å². The summed E-state index contributed by atoms with van der Waals surface area (Å²) < 4.78 is 0.959. The van der Waals surface area contributed by atoms with E-state index < -0.39 is 0 Å². The van der Waals surface area contributed by atoms with Crippen molar-refractivity contribution in [3.63, 3.8) is 0 Å². The molecule has 1 N–H and O–H groups in total. The van der Waals surface area contributed by atoms with Gasteiger partial charge in [0.05, 0.1) is 14.4 Å². The maximum absolute atomic E-state index is 11.9. The van der Waals surface area contributed by atoms with Gasteiger partial charge in [0.15, 0.2) is 5.13 Å². The van der Waals surface area contributed by atoms with Crippen LogP contribution in [-0.4, -0.2) is 10.9 Å². The van der Waals surface area contributed by atoms with Gasteiger partial charge in [-0.2, -0.15) is 0 Å². The number of rotatable bonds is 3. The lowest BCUT2D eigenvalue weighted by atomic mass is 10.3. The molecule has 0 spiro atoms. The van der Waals surface area contributed by atoms with Gasteiger partial charge in [0, 0.05) is 11.3 Å². The second-order valence-electron chi connectivity index (χ2n) is 3.91. The van der Waals surface area contributed by atoms with Crippen LogP contribution in [0.25, 0.3) is 0 Å². The molecule has 1 aliphatic rings. The first-order chi connectivity index (χ1) is 8.22. The van der Waals surface area contributed by atoms with Crippen LogP contribution in [0.4, 0.5) is 5.13 Å². The lowest BCUT2D eigenvalue weighted by molar-refractivity contribution is 0.103. The van der Waals surface area contributed by atoms with Crippen molar-refractivity contribution in [2.45, 2.75) is 18.8 Å². The number of nitrogens with one attached hydrogen (secondary N) is 1. The summed E-state index contributed by atoms with van der Waals surface area (Å²) in [5.74, 6) is 0.546. The molecule has 0 radical (unpaired) electrons. The molecule has 3 rings (SSSR count). The first kappa shape index (κ1) is 11.4. The summed E-state index contributed by atoms with van der Waals surface area (Å²) in [6.45, 7) is 0. The van der Waals surface area contributed by atoms with Crippen molar-refractivity contribution in [2.24, 2.45) is 0 Å². The van der Waals surface area contributed by atoms with Crippen molar-refractivity contribution in [3.8, 4) is 0 Å². The topological polar surface area (TPSA) is 42.0 Å². The molecule has 1 aliphatic carbocycles. The molecule has 0 bridgehead atoms. The summed E-state index contributed by atoms with van der Waals surface area (Å²) in [7, 11) is 0. The van der Waals surface area contributed by atoms with Crippen LogP contribution < -0.4 is 5.32 Å². The highest BCUT2D eigenvalue weighted by atomic mass is 79.9. The Morgan fingerprint density at radius 1 is 1.47 bits per heavy atom. The Morgan fingerprint density at radius 2 is 2.29 bits per heavy atom. The number of thiophene rings is 1. The van der Waals surface area contributed by atoms with E-state index in [1.165, 1.54) is 35.5 Å². The molecule has 1 saturated carbocycles. The van der Waals surface area contributed by atoms with E-state index in [1.54, 1.807) is 6.07 Å². The van der Waals surface area contributed by atoms with E-state index in [1.807, 2.05) is 11.4 Å². The molecule has 0 unspecified atom stereocenters. The number of anilines is 1. The highest BCUT2D eigenvalue weighted by Gasteiger charge is 2.26. The van der Waals surface area contributed by atoms with Gasteiger partial charge in [0.2, 0.25) is 0 Å². The van der Waals surface area contributed by atoms with E-state index in [0.717, 1.165) is 9.48 Å². The Morgan fingerprint density at radius 3 is 2.94 bits per heavy atom. The normalized spacial score (nSPS) is 14.9. The fourth-order valence-corrected chi connectivity index (χ4v) is 3.57. The van der Waals surface area contributed by atoms with Crippen LogP contribution in [0, 0.1) is 0 Å². The lowest BCUT2D eigenvalue weighted by Crippen LogP contribution is -2.09. The SMILES string of the molecule is O=C(Nc1nc(C2CC2)cs1)c1ccc(Br)s1. The average molecular weight is 329 g/mol. The third kappa shape index (κ3) is 2.59. The third-order valence-corrected chi connectivity index (χ3v) is 4.93. The summed E-state index contributed by atoms with van der Waals surface area (Å²) in [6.07, 6.45) is 2.46. The van der Waals surface area contributed by atoms with Crippen molar-refractivity contribution >= 4 is 49.6 Å². The third-order valence-electron chi connectivity index (χ3n) is 2.54. The quantitative estimate of drug-likeness (QED) is 0.921. The van der Waals surface area contributed by atoms with Crippen LogP contribution in [0.2, 0.25) is 0 Å². The minimum atomic E-state index is -0.0857. The summed E-state index contributed by atoms with van der Waals surface area (Å²) in [5.41, 5.74) is 1.12. The summed E-state index contributed by atoms with van der Waals surface area (Å²) in [6, 6.07) is 3.68. The first-order valence-corrected chi connectivity index (χ1v) is 7.73. The maximum Gasteiger partial charge on any atom is 0.267 e. The van der Waals surface area contributed by atoms with Gasteiger partial charge < -0.3 is 0 Å². The number of hydrogen-bond acceptors (Lipinski definition) is 4. The van der Waals surface area contributed by atoms with Crippen LogP contribution >= 0.6 is 38.6 Å². The van der Waals surface area contributed by atoms with E-state index in [4.69, 9.17) is 0 Å². The van der Waals surface area contributed by atoms with E-state index in [2.05, 4.69) is 26.2 Å². The number of halogens is 1. The molecule has 2 aromatic rings. The van der Waals surface area contributed by atoms with Crippen LogP contribution in [-0.2, 0) is 0 Å². The lowest BCUT2D eigenvalue weighted by Gasteiger charge is -1.97. The molecule has 88 valence electrons. The second kappa shape index (κ2) is 4.51. The highest BCUT2D eigenvalue weighted by molar-refractivity contribution is 9.11. The Balaban J connectivity index is 1.71. The van der Waals surface area contributed by atoms with Crippen molar-refractivity contribution in [2.75, 3.05) is 5.32 Å². The van der Waals surface area contributed by atoms with Crippen LogP contribution in [0.1, 0.15) is 34.1 Å². The molecule has 1 amide bonds. The van der Waals surface area contributed by atoms with E-state index in [-0.39, 0.29) is 5.91 Å². The van der Waals surface area contributed by atoms with E-state index in [9.17, 15) is 4.79 Å². The van der Waals surface area contributed by atoms with Crippen molar-refractivity contribution in [1.29, 1.82) is 0 Å². The van der Waals surface area contributed by atoms with E-state index >= 15 is 0 Å². The molecule has 2 heterocycles. The summed E-state index contributed by atoms with van der Waals surface area (Å²) in [4.78, 5) is 17.0. The standard InChI is InChI=1S/C11H9BrN2OS2/c12-9-4-3-8(17-9)10(15)14-11-13-7(5-16-11)6-1-2-6/h3-6H,1-2H2,(H,13,14,15). The average Bonchev–Trinajstić information content (AvgIpc) is 2.90. The van der Waals surface area contributed by atoms with Gasteiger partial charge >= 0.3 is 0 Å². The van der Waals surface area contributed by atoms with Gasteiger partial charge in [-0.05, 0) is 40.9 Å². The van der Waals surface area contributed by atoms with Crippen molar-refractivity contribution in [1.82, 2.24) is 4.98 Å². The molecule has 0 atom stereocenters. The van der Waals surface area contributed by atoms with Gasteiger partial charge in [-0.1, -0.05) is 0 Å². The molecular weight excluding hydrogens is 320 g/mol. The van der Waals surface area contributed by atoms with Crippen molar-refractivity contribution < 1.29 is 4.79 Å². The number of thiazole rings is 1. The molecule has 0 aromatic carbocycles. The molecular formula is C11H9BrN2OS2. The molecule has 0 aliphatic heterocycles. The minimum Gasteiger partial charge on any atom is -0.297 e. The summed E-state index contributed by atoms with van der Waals surface area (Å²) in [5, 5.41) is 5.57. The number of carbonyl (C=O) groups is 1. The van der Waals surface area contributed by atoms with Crippen LogP contribution in [0.3, 0.4) is 0 Å². The zero-order chi connectivity index (χ0) is 11.8. The monoisotopic (exact) mass is 328 g/mol. The number of aromatic nitrogens is 1. The Kier molecular flexibility index (Phi) is 3.02. The Hall–Kier alpha value is -0.720. The van der Waals surface area contributed by atoms with E-state index in [0.29, 0.717) is 15.9 Å². The smallest absolute Gasteiger partial charge is 0.267 e. The fourth-order valence-electron chi connectivity index (χ4n) is 1.51. The van der Waals surface area contributed by atoms with Crippen molar-refractivity contribution in [3.05, 3.63) is 31.9 Å². The zero-order valence-electron chi connectivity index (χ0n) is 8.77. The molecule has 6 heteroatoms. The summed E-state index contributed by atoms with van der Waals surface area (Å²) >= 11 is 6.26. The van der Waals surface area contributed by atoms with Gasteiger partial charge in [-0.25, -0.2) is 4.98 Å². The highest BCUT2D eigenvalue weighted by Crippen LogP contribution is 2.40. The van der Waals surface area contributed by atoms with Gasteiger partial charge in [0.25, 0.3) is 5.91 Å². The maximum atomic E-state index is 11.9. The molecule has 3 nitrogen and oxygen atoms in total.